The predicted molar refractivity (Wildman–Crippen MR) is 104 cm³/mol. The monoisotopic (exact) mass is 358 g/mol. The summed E-state index contributed by atoms with van der Waals surface area (Å²) >= 11 is 0. The van der Waals surface area contributed by atoms with E-state index in [1.807, 2.05) is 84.9 Å². The lowest BCUT2D eigenvalue weighted by molar-refractivity contribution is 0.501. The van der Waals surface area contributed by atoms with Crippen molar-refractivity contribution in [3.63, 3.8) is 0 Å². The highest BCUT2D eigenvalue weighted by Crippen LogP contribution is 2.41. The fourth-order valence-corrected chi connectivity index (χ4v) is 4.05. The van der Waals surface area contributed by atoms with E-state index in [4.69, 9.17) is 9.05 Å². The number of hydrogen-bond donors (Lipinski definition) is 1. The summed E-state index contributed by atoms with van der Waals surface area (Å²) in [5.74, 6) is 1.38. The number of aromatic amines is 1. The molecule has 0 aliphatic carbocycles. The van der Waals surface area contributed by atoms with Gasteiger partial charge in [0.1, 0.15) is 23.0 Å². The lowest BCUT2D eigenvalue weighted by Crippen LogP contribution is -2.14. The van der Waals surface area contributed by atoms with Gasteiger partial charge in [-0.1, -0.05) is 54.6 Å². The van der Waals surface area contributed by atoms with E-state index in [2.05, 4.69) is 11.1 Å². The number of benzene rings is 3. The Balaban J connectivity index is 1.78. The quantitative estimate of drug-likeness (QED) is 0.503. The van der Waals surface area contributed by atoms with E-state index in [1.54, 1.807) is 0 Å². The minimum atomic E-state index is -1.56. The van der Waals surface area contributed by atoms with Gasteiger partial charge in [-0.05, 0) is 30.3 Å². The van der Waals surface area contributed by atoms with Crippen LogP contribution in [0.1, 0.15) is 5.56 Å². The highest BCUT2D eigenvalue weighted by Gasteiger charge is 2.26. The van der Waals surface area contributed by atoms with E-state index in [0.29, 0.717) is 22.5 Å². The van der Waals surface area contributed by atoms with Crippen LogP contribution in [0.3, 0.4) is 0 Å². The first kappa shape index (κ1) is 16.2. The average molecular weight is 358 g/mol. The molecule has 0 spiro atoms. The zero-order valence-corrected chi connectivity index (χ0v) is 14.7. The Hall–Kier alpha value is -3.28. The highest BCUT2D eigenvalue weighted by molar-refractivity contribution is 7.56. The standard InChI is InChI=1S/C21H15N2O2P/c22-15-19-18-13-7-8-14-20(18)23-21(19)26(24-16-9-3-1-4-10-16)25-17-11-5-2-6-12-17/h1-14,23H. The van der Waals surface area contributed by atoms with Gasteiger partial charge in [-0.15, -0.1) is 0 Å². The third kappa shape index (κ3) is 3.26. The molecule has 1 N–H and O–H groups in total. The lowest BCUT2D eigenvalue weighted by atomic mass is 10.2. The van der Waals surface area contributed by atoms with Gasteiger partial charge in [0.05, 0.1) is 5.56 Å². The molecule has 0 aliphatic rings. The molecule has 0 fully saturated rings. The summed E-state index contributed by atoms with van der Waals surface area (Å²) in [6.07, 6.45) is 0. The fourth-order valence-electron chi connectivity index (χ4n) is 2.64. The van der Waals surface area contributed by atoms with Gasteiger partial charge in [-0.25, -0.2) is 0 Å². The number of aromatic nitrogens is 1. The molecule has 1 heterocycles. The Morgan fingerprint density at radius 2 is 1.27 bits per heavy atom. The van der Waals surface area contributed by atoms with Crippen LogP contribution in [0.2, 0.25) is 0 Å². The van der Waals surface area contributed by atoms with Gasteiger partial charge < -0.3 is 14.0 Å². The van der Waals surface area contributed by atoms with Crippen LogP contribution in [0.4, 0.5) is 0 Å². The van der Waals surface area contributed by atoms with Crippen LogP contribution in [0, 0.1) is 11.3 Å². The average Bonchev–Trinajstić information content (AvgIpc) is 3.08. The third-order valence-corrected chi connectivity index (χ3v) is 5.30. The Morgan fingerprint density at radius 3 is 1.85 bits per heavy atom. The molecule has 4 nitrogen and oxygen atoms in total. The summed E-state index contributed by atoms with van der Waals surface area (Å²) in [5, 5.41) is 10.6. The Morgan fingerprint density at radius 1 is 0.731 bits per heavy atom. The summed E-state index contributed by atoms with van der Waals surface area (Å²) in [7, 11) is -1.56. The number of hydrogen-bond acceptors (Lipinski definition) is 3. The smallest absolute Gasteiger partial charge is 0.345 e. The van der Waals surface area contributed by atoms with Crippen molar-refractivity contribution in [3.05, 3.63) is 90.5 Å². The van der Waals surface area contributed by atoms with Gasteiger partial charge in [0.15, 0.2) is 0 Å². The summed E-state index contributed by atoms with van der Waals surface area (Å²) in [6.45, 7) is 0. The molecule has 0 atom stereocenters. The van der Waals surface area contributed by atoms with Crippen molar-refractivity contribution in [2.75, 3.05) is 0 Å². The van der Waals surface area contributed by atoms with Crippen LogP contribution in [0.15, 0.2) is 84.9 Å². The van der Waals surface area contributed by atoms with Gasteiger partial charge >= 0.3 is 8.38 Å². The number of nitrogens with one attached hydrogen (secondary N) is 1. The van der Waals surface area contributed by atoms with Gasteiger partial charge in [0, 0.05) is 10.9 Å². The number of para-hydroxylation sites is 3. The first-order valence-electron chi connectivity index (χ1n) is 8.12. The Labute approximate surface area is 152 Å². The molecule has 0 saturated carbocycles. The maximum Gasteiger partial charge on any atom is 0.345 e. The van der Waals surface area contributed by atoms with Crippen molar-refractivity contribution < 1.29 is 9.05 Å². The van der Waals surface area contributed by atoms with Crippen molar-refractivity contribution in [1.82, 2.24) is 4.98 Å². The normalized spacial score (nSPS) is 10.6. The van der Waals surface area contributed by atoms with Crippen molar-refractivity contribution in [2.24, 2.45) is 0 Å². The number of fused-ring (bicyclic) bond motifs is 1. The van der Waals surface area contributed by atoms with Crippen molar-refractivity contribution in [2.45, 2.75) is 0 Å². The van der Waals surface area contributed by atoms with Crippen LogP contribution in [0.5, 0.6) is 11.5 Å². The maximum absolute atomic E-state index is 9.72. The molecule has 126 valence electrons. The Kier molecular flexibility index (Phi) is 4.55. The Bertz CT molecular complexity index is 1010. The second-order valence-corrected chi connectivity index (χ2v) is 6.90. The van der Waals surface area contributed by atoms with Gasteiger partial charge in [-0.2, -0.15) is 5.26 Å². The molecule has 0 unspecified atom stereocenters. The SMILES string of the molecule is N#Cc1c(P(Oc2ccccc2)Oc2ccccc2)[nH]c2ccccc12. The third-order valence-electron chi connectivity index (χ3n) is 3.84. The maximum atomic E-state index is 9.72. The van der Waals surface area contributed by atoms with E-state index in [1.165, 1.54) is 0 Å². The van der Waals surface area contributed by atoms with Crippen molar-refractivity contribution >= 4 is 24.7 Å². The van der Waals surface area contributed by atoms with Crippen LogP contribution in [-0.4, -0.2) is 4.98 Å². The first-order chi connectivity index (χ1) is 12.8. The van der Waals surface area contributed by atoms with Gasteiger partial charge in [-0.3, -0.25) is 0 Å². The highest BCUT2D eigenvalue weighted by atomic mass is 31.2. The fraction of sp³-hybridized carbons (Fsp3) is 0. The number of nitrogens with zero attached hydrogens (tertiary/aromatic N) is 1. The number of rotatable bonds is 5. The van der Waals surface area contributed by atoms with Crippen LogP contribution >= 0.6 is 8.38 Å². The summed E-state index contributed by atoms with van der Waals surface area (Å²) in [4.78, 5) is 3.31. The van der Waals surface area contributed by atoms with E-state index in [0.717, 1.165) is 10.9 Å². The molecule has 4 rings (SSSR count). The van der Waals surface area contributed by atoms with E-state index < -0.39 is 8.38 Å². The molecule has 26 heavy (non-hydrogen) atoms. The second kappa shape index (κ2) is 7.31. The molecule has 0 saturated heterocycles. The van der Waals surface area contributed by atoms with E-state index >= 15 is 0 Å². The molecule has 1 aromatic heterocycles. The minimum Gasteiger partial charge on any atom is -0.434 e. The molecule has 4 aromatic rings. The van der Waals surface area contributed by atoms with Crippen LogP contribution in [0.25, 0.3) is 10.9 Å². The summed E-state index contributed by atoms with van der Waals surface area (Å²) in [6, 6.07) is 29.0. The number of nitriles is 1. The summed E-state index contributed by atoms with van der Waals surface area (Å²) < 4.78 is 12.3. The second-order valence-electron chi connectivity index (χ2n) is 5.57. The van der Waals surface area contributed by atoms with Crippen LogP contribution < -0.4 is 14.5 Å². The molecule has 0 bridgehead atoms. The molecular weight excluding hydrogens is 343 g/mol. The topological polar surface area (TPSA) is 58.0 Å². The first-order valence-corrected chi connectivity index (χ1v) is 9.30. The largest absolute Gasteiger partial charge is 0.434 e. The van der Waals surface area contributed by atoms with Crippen molar-refractivity contribution in [1.29, 1.82) is 5.26 Å². The predicted octanol–water partition coefficient (Wildman–Crippen LogP) is 5.13. The molecular formula is C21H15N2O2P. The zero-order chi connectivity index (χ0) is 17.8. The molecule has 0 amide bonds. The van der Waals surface area contributed by atoms with Crippen molar-refractivity contribution in [3.8, 4) is 17.6 Å². The number of H-pyrrole nitrogens is 1. The summed E-state index contributed by atoms with van der Waals surface area (Å²) in [5.41, 5.74) is 2.11. The lowest BCUT2D eigenvalue weighted by Gasteiger charge is -2.18. The molecule has 0 aliphatic heterocycles. The van der Waals surface area contributed by atoms with Crippen LogP contribution in [-0.2, 0) is 0 Å². The van der Waals surface area contributed by atoms with E-state index in [9.17, 15) is 5.26 Å². The zero-order valence-electron chi connectivity index (χ0n) is 13.8. The molecule has 3 aromatic carbocycles. The van der Waals surface area contributed by atoms with Gasteiger partial charge in [0.2, 0.25) is 0 Å². The minimum absolute atomic E-state index is 0.554. The van der Waals surface area contributed by atoms with E-state index in [-0.39, 0.29) is 0 Å². The van der Waals surface area contributed by atoms with Gasteiger partial charge in [0.25, 0.3) is 0 Å². The molecule has 5 heteroatoms. The molecule has 0 radical (unpaired) electrons.